The van der Waals surface area contributed by atoms with Crippen LogP contribution in [0.15, 0.2) is 58.4 Å². The van der Waals surface area contributed by atoms with Gasteiger partial charge >= 0.3 is 0 Å². The van der Waals surface area contributed by atoms with Crippen LogP contribution >= 0.6 is 0 Å². The maximum Gasteiger partial charge on any atom is 0.199 e. The lowest BCUT2D eigenvalue weighted by molar-refractivity contribution is 0.381. The van der Waals surface area contributed by atoms with Gasteiger partial charge in [0.15, 0.2) is 9.84 Å². The van der Waals surface area contributed by atoms with Gasteiger partial charge in [-0.05, 0) is 50.2 Å². The first-order valence-corrected chi connectivity index (χ1v) is 8.67. The summed E-state index contributed by atoms with van der Waals surface area (Å²) in [6.07, 6.45) is 7.47. The molecule has 0 fully saturated rings. The molecule has 0 N–H and O–H groups in total. The summed E-state index contributed by atoms with van der Waals surface area (Å²) >= 11 is 0. The highest BCUT2D eigenvalue weighted by Crippen LogP contribution is 2.30. The van der Waals surface area contributed by atoms with Crippen molar-refractivity contribution in [3.05, 3.63) is 53.5 Å². The first-order valence-electron chi connectivity index (χ1n) is 7.13. The van der Waals surface area contributed by atoms with Crippen molar-refractivity contribution >= 4 is 9.84 Å². The first-order chi connectivity index (χ1) is 9.49. The van der Waals surface area contributed by atoms with Crippen LogP contribution in [0.5, 0.6) is 0 Å². The Labute approximate surface area is 122 Å². The molecule has 2 atom stereocenters. The molecule has 2 nitrogen and oxygen atoms in total. The van der Waals surface area contributed by atoms with Crippen molar-refractivity contribution in [3.63, 3.8) is 0 Å². The van der Waals surface area contributed by atoms with Gasteiger partial charge in [-0.15, -0.1) is 0 Å². The number of hydrogen-bond acceptors (Lipinski definition) is 2. The first kappa shape index (κ1) is 15.0. The quantitative estimate of drug-likeness (QED) is 0.772. The summed E-state index contributed by atoms with van der Waals surface area (Å²) in [5, 5.41) is 1.37. The molecule has 0 saturated heterocycles. The van der Waals surface area contributed by atoms with Crippen LogP contribution in [0.25, 0.3) is 0 Å². The molecule has 0 aliphatic heterocycles. The van der Waals surface area contributed by atoms with Gasteiger partial charge in [-0.1, -0.05) is 42.8 Å². The van der Waals surface area contributed by atoms with Gasteiger partial charge in [-0.2, -0.15) is 0 Å². The van der Waals surface area contributed by atoms with E-state index < -0.39 is 9.84 Å². The van der Waals surface area contributed by atoms with Crippen LogP contribution in [0.3, 0.4) is 0 Å². The Balaban J connectivity index is 2.06. The topological polar surface area (TPSA) is 34.1 Å². The fraction of sp³-hybridized carbons (Fsp3) is 0.412. The highest BCUT2D eigenvalue weighted by molar-refractivity contribution is 7.94. The van der Waals surface area contributed by atoms with Crippen LogP contribution in [0.2, 0.25) is 0 Å². The summed E-state index contributed by atoms with van der Waals surface area (Å²) < 4.78 is 24.3. The Hall–Kier alpha value is -1.35. The van der Waals surface area contributed by atoms with Crippen molar-refractivity contribution in [2.45, 2.75) is 38.0 Å². The van der Waals surface area contributed by atoms with Gasteiger partial charge in [0.25, 0.3) is 0 Å². The van der Waals surface area contributed by atoms with Crippen LogP contribution in [-0.4, -0.2) is 8.42 Å². The molecule has 1 aromatic carbocycles. The number of hydrogen-bond donors (Lipinski definition) is 0. The van der Waals surface area contributed by atoms with Crippen molar-refractivity contribution in [1.82, 2.24) is 0 Å². The average Bonchev–Trinajstić information content (AvgIpc) is 2.46. The van der Waals surface area contributed by atoms with E-state index in [4.69, 9.17) is 0 Å². The molecular formula is C17H22O2S. The molecule has 108 valence electrons. The summed E-state index contributed by atoms with van der Waals surface area (Å²) in [5.74, 6) is 0.846. The second-order valence-electron chi connectivity index (χ2n) is 5.63. The van der Waals surface area contributed by atoms with Gasteiger partial charge < -0.3 is 0 Å². The molecule has 0 saturated carbocycles. The minimum atomic E-state index is -3.30. The third-order valence-electron chi connectivity index (χ3n) is 4.06. The molecule has 0 aromatic heterocycles. The zero-order chi connectivity index (χ0) is 14.6. The summed E-state index contributed by atoms with van der Waals surface area (Å²) in [4.78, 5) is 0.364. The zero-order valence-electron chi connectivity index (χ0n) is 12.1. The monoisotopic (exact) mass is 290 g/mol. The van der Waals surface area contributed by atoms with Gasteiger partial charge in [-0.25, -0.2) is 8.42 Å². The number of rotatable bonds is 4. The maximum absolute atomic E-state index is 12.2. The molecule has 20 heavy (non-hydrogen) atoms. The molecule has 1 aromatic rings. The van der Waals surface area contributed by atoms with E-state index >= 15 is 0 Å². The van der Waals surface area contributed by atoms with E-state index in [9.17, 15) is 8.42 Å². The van der Waals surface area contributed by atoms with Crippen molar-refractivity contribution in [2.24, 2.45) is 11.8 Å². The van der Waals surface area contributed by atoms with Crippen LogP contribution < -0.4 is 0 Å². The van der Waals surface area contributed by atoms with E-state index in [1.54, 1.807) is 24.3 Å². The highest BCUT2D eigenvalue weighted by atomic mass is 32.2. The fourth-order valence-corrected chi connectivity index (χ4v) is 3.68. The molecular weight excluding hydrogens is 268 g/mol. The van der Waals surface area contributed by atoms with E-state index in [0.29, 0.717) is 10.8 Å². The number of benzene rings is 1. The smallest absolute Gasteiger partial charge is 0.199 e. The van der Waals surface area contributed by atoms with Gasteiger partial charge in [0.05, 0.1) is 4.90 Å². The van der Waals surface area contributed by atoms with Crippen molar-refractivity contribution < 1.29 is 8.42 Å². The van der Waals surface area contributed by atoms with Crippen molar-refractivity contribution in [2.75, 3.05) is 0 Å². The Morgan fingerprint density at radius 1 is 1.25 bits per heavy atom. The molecule has 1 aliphatic carbocycles. The van der Waals surface area contributed by atoms with Crippen LogP contribution in [0.1, 0.15) is 33.1 Å². The fourth-order valence-electron chi connectivity index (χ4n) is 2.54. The van der Waals surface area contributed by atoms with E-state index in [2.05, 4.69) is 19.9 Å². The van der Waals surface area contributed by atoms with E-state index in [1.807, 2.05) is 12.1 Å². The lowest BCUT2D eigenvalue weighted by Crippen LogP contribution is -2.12. The SMILES string of the molecule is CC1=CCC(C(C)C=CS(=O)(=O)c2ccccc2)CC1. The lowest BCUT2D eigenvalue weighted by atomic mass is 9.82. The van der Waals surface area contributed by atoms with E-state index in [0.717, 1.165) is 19.3 Å². The van der Waals surface area contributed by atoms with Crippen LogP contribution in [-0.2, 0) is 9.84 Å². The summed E-state index contributed by atoms with van der Waals surface area (Å²) in [6.45, 7) is 4.27. The predicted octanol–water partition coefficient (Wildman–Crippen LogP) is 4.36. The Morgan fingerprint density at radius 3 is 2.55 bits per heavy atom. The van der Waals surface area contributed by atoms with E-state index in [1.165, 1.54) is 11.0 Å². The third kappa shape index (κ3) is 3.83. The lowest BCUT2D eigenvalue weighted by Gasteiger charge is -2.24. The zero-order valence-corrected chi connectivity index (χ0v) is 12.9. The molecule has 3 heteroatoms. The minimum Gasteiger partial charge on any atom is -0.219 e. The standard InChI is InChI=1S/C17H22O2S/c1-14-8-10-16(11-9-14)15(2)12-13-20(18,19)17-6-4-3-5-7-17/h3-8,12-13,15-16H,9-11H2,1-2H3. The molecule has 0 amide bonds. The molecule has 0 bridgehead atoms. The van der Waals surface area contributed by atoms with Gasteiger partial charge in [0.1, 0.15) is 0 Å². The highest BCUT2D eigenvalue weighted by Gasteiger charge is 2.18. The van der Waals surface area contributed by atoms with Crippen LogP contribution in [0, 0.1) is 11.8 Å². The Morgan fingerprint density at radius 2 is 1.95 bits per heavy atom. The van der Waals surface area contributed by atoms with Crippen molar-refractivity contribution in [1.29, 1.82) is 0 Å². The van der Waals surface area contributed by atoms with Gasteiger partial charge in [0.2, 0.25) is 0 Å². The number of sulfone groups is 1. The predicted molar refractivity (Wildman–Crippen MR) is 83.0 cm³/mol. The van der Waals surface area contributed by atoms with Crippen LogP contribution in [0.4, 0.5) is 0 Å². The molecule has 1 aliphatic rings. The maximum atomic E-state index is 12.2. The third-order valence-corrected chi connectivity index (χ3v) is 5.50. The summed E-state index contributed by atoms with van der Waals surface area (Å²) in [5.41, 5.74) is 1.45. The summed E-state index contributed by atoms with van der Waals surface area (Å²) in [7, 11) is -3.30. The molecule has 0 heterocycles. The largest absolute Gasteiger partial charge is 0.219 e. The average molecular weight is 290 g/mol. The number of allylic oxidation sites excluding steroid dienone is 3. The summed E-state index contributed by atoms with van der Waals surface area (Å²) in [6, 6.07) is 8.59. The second kappa shape index (κ2) is 6.40. The van der Waals surface area contributed by atoms with Crippen molar-refractivity contribution in [3.8, 4) is 0 Å². The Bertz CT molecular complexity index is 597. The molecule has 0 spiro atoms. The second-order valence-corrected chi connectivity index (χ2v) is 7.46. The molecule has 0 radical (unpaired) electrons. The molecule has 2 unspecified atom stereocenters. The van der Waals surface area contributed by atoms with E-state index in [-0.39, 0.29) is 5.92 Å². The molecule has 2 rings (SSSR count). The Kier molecular flexibility index (Phi) is 4.81. The van der Waals surface area contributed by atoms with Gasteiger partial charge in [0, 0.05) is 5.41 Å². The van der Waals surface area contributed by atoms with Gasteiger partial charge in [-0.3, -0.25) is 0 Å². The normalized spacial score (nSPS) is 21.7. The minimum absolute atomic E-state index is 0.290.